The highest BCUT2D eigenvalue weighted by Crippen LogP contribution is 2.21. The van der Waals surface area contributed by atoms with Gasteiger partial charge in [0.1, 0.15) is 0 Å². The van der Waals surface area contributed by atoms with Gasteiger partial charge in [-0.2, -0.15) is 0 Å². The first-order chi connectivity index (χ1) is 8.20. The Bertz CT molecular complexity index is 386. The number of carbonyl (C=O) groups excluding carboxylic acids is 1. The van der Waals surface area contributed by atoms with E-state index < -0.39 is 0 Å². The van der Waals surface area contributed by atoms with Crippen LogP contribution in [0.5, 0.6) is 0 Å². The Kier molecular flexibility index (Phi) is 3.79. The summed E-state index contributed by atoms with van der Waals surface area (Å²) in [4.78, 5) is 14.2. The van der Waals surface area contributed by atoms with E-state index in [0.717, 1.165) is 38.0 Å². The molecule has 92 valence electrons. The van der Waals surface area contributed by atoms with Gasteiger partial charge in [-0.05, 0) is 44.4 Å². The van der Waals surface area contributed by atoms with Crippen LogP contribution in [0.4, 0.5) is 0 Å². The summed E-state index contributed by atoms with van der Waals surface area (Å²) in [6.07, 6.45) is 2.12. The molecule has 0 bridgehead atoms. The number of aryl methyl sites for hydroxylation is 1. The molecule has 1 aromatic rings. The molecule has 1 aliphatic heterocycles. The van der Waals surface area contributed by atoms with Crippen molar-refractivity contribution < 1.29 is 4.79 Å². The molecule has 0 spiro atoms. The number of likely N-dealkylation sites (tertiary alicyclic amines) is 1. The van der Waals surface area contributed by atoms with Gasteiger partial charge in [0.25, 0.3) is 5.91 Å². The van der Waals surface area contributed by atoms with E-state index in [0.29, 0.717) is 5.92 Å². The number of rotatable bonds is 3. The lowest BCUT2D eigenvalue weighted by atomic mass is 10.1. The van der Waals surface area contributed by atoms with Gasteiger partial charge in [-0.25, -0.2) is 0 Å². The molecule has 1 aromatic carbocycles. The maximum Gasteiger partial charge on any atom is 0.253 e. The van der Waals surface area contributed by atoms with E-state index in [-0.39, 0.29) is 5.91 Å². The first kappa shape index (κ1) is 12.1. The maximum absolute atomic E-state index is 12.2. The van der Waals surface area contributed by atoms with E-state index in [4.69, 9.17) is 5.73 Å². The van der Waals surface area contributed by atoms with Crippen LogP contribution in [0.25, 0.3) is 0 Å². The van der Waals surface area contributed by atoms with Crippen molar-refractivity contribution in [1.29, 1.82) is 0 Å². The van der Waals surface area contributed by atoms with Crippen LogP contribution in [0.2, 0.25) is 0 Å². The number of hydrogen-bond acceptors (Lipinski definition) is 2. The van der Waals surface area contributed by atoms with Crippen molar-refractivity contribution in [3.05, 3.63) is 35.4 Å². The van der Waals surface area contributed by atoms with Gasteiger partial charge < -0.3 is 10.6 Å². The number of amides is 1. The van der Waals surface area contributed by atoms with Crippen molar-refractivity contribution in [2.75, 3.05) is 19.6 Å². The van der Waals surface area contributed by atoms with E-state index in [1.807, 2.05) is 36.1 Å². The number of benzene rings is 1. The number of hydrogen-bond donors (Lipinski definition) is 1. The fourth-order valence-corrected chi connectivity index (χ4v) is 2.37. The Balaban J connectivity index is 1.99. The van der Waals surface area contributed by atoms with Gasteiger partial charge >= 0.3 is 0 Å². The third-order valence-corrected chi connectivity index (χ3v) is 3.45. The van der Waals surface area contributed by atoms with E-state index in [2.05, 4.69) is 0 Å². The molecule has 1 fully saturated rings. The quantitative estimate of drug-likeness (QED) is 0.864. The van der Waals surface area contributed by atoms with E-state index in [1.54, 1.807) is 0 Å². The lowest BCUT2D eigenvalue weighted by Crippen LogP contribution is -2.28. The molecule has 3 nitrogen and oxygen atoms in total. The number of nitrogens with zero attached hydrogens (tertiary/aromatic N) is 1. The molecule has 1 saturated heterocycles. The van der Waals surface area contributed by atoms with Crippen molar-refractivity contribution in [3.8, 4) is 0 Å². The first-order valence-corrected chi connectivity index (χ1v) is 6.26. The minimum absolute atomic E-state index is 0.157. The van der Waals surface area contributed by atoms with Crippen LogP contribution in [0.1, 0.15) is 28.8 Å². The zero-order chi connectivity index (χ0) is 12.3. The standard InChI is InChI=1S/C14H20N2O/c1-11-2-4-13(5-3-11)14(17)16-9-7-12(10-16)6-8-15/h2-5,12H,6-10,15H2,1H3. The van der Waals surface area contributed by atoms with E-state index in [1.165, 1.54) is 5.56 Å². The average Bonchev–Trinajstić information content (AvgIpc) is 2.78. The molecule has 3 heteroatoms. The van der Waals surface area contributed by atoms with Gasteiger partial charge in [0.15, 0.2) is 0 Å². The van der Waals surface area contributed by atoms with Gasteiger partial charge in [-0.15, -0.1) is 0 Å². The molecule has 0 radical (unpaired) electrons. The van der Waals surface area contributed by atoms with Gasteiger partial charge in [0.2, 0.25) is 0 Å². The van der Waals surface area contributed by atoms with Crippen LogP contribution in [-0.2, 0) is 0 Å². The summed E-state index contributed by atoms with van der Waals surface area (Å²) in [6.45, 7) is 4.49. The van der Waals surface area contributed by atoms with Gasteiger partial charge in [0, 0.05) is 18.7 Å². The molecule has 2 rings (SSSR count). The molecular formula is C14H20N2O. The van der Waals surface area contributed by atoms with Crippen LogP contribution >= 0.6 is 0 Å². The van der Waals surface area contributed by atoms with Crippen LogP contribution in [0, 0.1) is 12.8 Å². The highest BCUT2D eigenvalue weighted by molar-refractivity contribution is 5.94. The molecule has 17 heavy (non-hydrogen) atoms. The third-order valence-electron chi connectivity index (χ3n) is 3.45. The highest BCUT2D eigenvalue weighted by atomic mass is 16.2. The molecule has 0 aromatic heterocycles. The summed E-state index contributed by atoms with van der Waals surface area (Å²) in [5.41, 5.74) is 7.53. The summed E-state index contributed by atoms with van der Waals surface area (Å²) in [7, 11) is 0. The summed E-state index contributed by atoms with van der Waals surface area (Å²) in [5, 5.41) is 0. The largest absolute Gasteiger partial charge is 0.338 e. The number of carbonyl (C=O) groups is 1. The fourth-order valence-electron chi connectivity index (χ4n) is 2.37. The second-order valence-electron chi connectivity index (χ2n) is 4.85. The van der Waals surface area contributed by atoms with Crippen molar-refractivity contribution >= 4 is 5.91 Å². The first-order valence-electron chi connectivity index (χ1n) is 6.26. The fraction of sp³-hybridized carbons (Fsp3) is 0.500. The van der Waals surface area contributed by atoms with Crippen LogP contribution in [-0.4, -0.2) is 30.4 Å². The van der Waals surface area contributed by atoms with Crippen molar-refractivity contribution in [3.63, 3.8) is 0 Å². The van der Waals surface area contributed by atoms with Crippen LogP contribution in [0.15, 0.2) is 24.3 Å². The Hall–Kier alpha value is -1.35. The SMILES string of the molecule is Cc1ccc(C(=O)N2CCC(CCN)C2)cc1. The molecule has 1 heterocycles. The molecule has 0 saturated carbocycles. The molecule has 1 unspecified atom stereocenters. The minimum Gasteiger partial charge on any atom is -0.338 e. The van der Waals surface area contributed by atoms with Crippen molar-refractivity contribution in [1.82, 2.24) is 4.90 Å². The van der Waals surface area contributed by atoms with Crippen LogP contribution in [0.3, 0.4) is 0 Å². The molecular weight excluding hydrogens is 212 g/mol. The van der Waals surface area contributed by atoms with Crippen molar-refractivity contribution in [2.45, 2.75) is 19.8 Å². The predicted molar refractivity (Wildman–Crippen MR) is 68.9 cm³/mol. The Morgan fingerprint density at radius 3 is 2.76 bits per heavy atom. The lowest BCUT2D eigenvalue weighted by molar-refractivity contribution is 0.0786. The normalized spacial score (nSPS) is 19.6. The molecule has 1 amide bonds. The minimum atomic E-state index is 0.157. The predicted octanol–water partition coefficient (Wildman–Crippen LogP) is 1.81. The van der Waals surface area contributed by atoms with E-state index in [9.17, 15) is 4.79 Å². The Morgan fingerprint density at radius 1 is 1.41 bits per heavy atom. The molecule has 1 atom stereocenters. The molecule has 0 aliphatic carbocycles. The van der Waals surface area contributed by atoms with Crippen LogP contribution < -0.4 is 5.73 Å². The Morgan fingerprint density at radius 2 is 2.12 bits per heavy atom. The third kappa shape index (κ3) is 2.86. The van der Waals surface area contributed by atoms with Crippen molar-refractivity contribution in [2.24, 2.45) is 11.7 Å². The highest BCUT2D eigenvalue weighted by Gasteiger charge is 2.26. The summed E-state index contributed by atoms with van der Waals surface area (Å²) < 4.78 is 0. The lowest BCUT2D eigenvalue weighted by Gasteiger charge is -2.16. The summed E-state index contributed by atoms with van der Waals surface area (Å²) >= 11 is 0. The summed E-state index contributed by atoms with van der Waals surface area (Å²) in [6, 6.07) is 7.79. The average molecular weight is 232 g/mol. The summed E-state index contributed by atoms with van der Waals surface area (Å²) in [5.74, 6) is 0.749. The zero-order valence-electron chi connectivity index (χ0n) is 10.4. The zero-order valence-corrected chi connectivity index (χ0v) is 10.4. The molecule has 1 aliphatic rings. The maximum atomic E-state index is 12.2. The Labute approximate surface area is 103 Å². The smallest absolute Gasteiger partial charge is 0.253 e. The van der Waals surface area contributed by atoms with Gasteiger partial charge in [-0.3, -0.25) is 4.79 Å². The van der Waals surface area contributed by atoms with Gasteiger partial charge in [-0.1, -0.05) is 17.7 Å². The molecule has 2 N–H and O–H groups in total. The monoisotopic (exact) mass is 232 g/mol. The number of nitrogens with two attached hydrogens (primary N) is 1. The second kappa shape index (κ2) is 5.32. The van der Waals surface area contributed by atoms with E-state index >= 15 is 0 Å². The van der Waals surface area contributed by atoms with Gasteiger partial charge in [0.05, 0.1) is 0 Å². The topological polar surface area (TPSA) is 46.3 Å². The second-order valence-corrected chi connectivity index (χ2v) is 4.85.